The smallest absolute Gasteiger partial charge is 0.255 e. The molecule has 1 atom stereocenters. The molecule has 0 spiro atoms. The zero-order valence-corrected chi connectivity index (χ0v) is 21.2. The predicted octanol–water partition coefficient (Wildman–Crippen LogP) is 3.63. The van der Waals surface area contributed by atoms with Crippen LogP contribution < -0.4 is 5.32 Å². The highest BCUT2D eigenvalue weighted by Crippen LogP contribution is 2.30. The number of fused-ring (bicyclic) bond motifs is 1. The van der Waals surface area contributed by atoms with E-state index in [1.807, 2.05) is 18.4 Å². The lowest BCUT2D eigenvalue weighted by atomic mass is 10.1. The van der Waals surface area contributed by atoms with Crippen LogP contribution in [0.2, 0.25) is 0 Å². The van der Waals surface area contributed by atoms with Crippen molar-refractivity contribution >= 4 is 28.7 Å². The van der Waals surface area contributed by atoms with Crippen LogP contribution in [0.25, 0.3) is 22.3 Å². The molecule has 0 saturated carbocycles. The van der Waals surface area contributed by atoms with E-state index in [1.54, 1.807) is 30.0 Å². The van der Waals surface area contributed by atoms with E-state index in [9.17, 15) is 18.7 Å². The molecule has 4 heterocycles. The minimum atomic E-state index is -0.706. The van der Waals surface area contributed by atoms with Gasteiger partial charge >= 0.3 is 0 Å². The summed E-state index contributed by atoms with van der Waals surface area (Å²) in [7, 11) is 0. The first-order chi connectivity index (χ1) is 18.2. The van der Waals surface area contributed by atoms with Gasteiger partial charge in [0, 0.05) is 30.9 Å². The number of aliphatic hydroxyl groups is 1. The zero-order chi connectivity index (χ0) is 27.0. The SMILES string of the molecule is Cc1nc2c(F)cc(-c3nc(Nc4ccc(C(=O)N5CCO[C@H](CO)C5)cn4)ncc3F)cc2n1C(C)C. The van der Waals surface area contributed by atoms with Crippen LogP contribution in [0.1, 0.15) is 36.1 Å². The lowest BCUT2D eigenvalue weighted by Gasteiger charge is -2.32. The summed E-state index contributed by atoms with van der Waals surface area (Å²) in [6.45, 7) is 6.63. The average molecular weight is 524 g/mol. The third-order valence-corrected chi connectivity index (χ3v) is 6.34. The molecule has 0 radical (unpaired) electrons. The fourth-order valence-electron chi connectivity index (χ4n) is 4.59. The van der Waals surface area contributed by atoms with Crippen molar-refractivity contribution in [1.29, 1.82) is 0 Å². The first-order valence-corrected chi connectivity index (χ1v) is 12.2. The van der Waals surface area contributed by atoms with Crippen molar-refractivity contribution < 1.29 is 23.4 Å². The van der Waals surface area contributed by atoms with Crippen molar-refractivity contribution in [3.05, 3.63) is 59.7 Å². The van der Waals surface area contributed by atoms with E-state index in [4.69, 9.17) is 4.74 Å². The van der Waals surface area contributed by atoms with E-state index < -0.39 is 17.7 Å². The van der Waals surface area contributed by atoms with Gasteiger partial charge in [-0.15, -0.1) is 0 Å². The van der Waals surface area contributed by atoms with Crippen LogP contribution in [-0.2, 0) is 4.74 Å². The Morgan fingerprint density at radius 1 is 1.18 bits per heavy atom. The fraction of sp³-hybridized carbons (Fsp3) is 0.346. The maximum Gasteiger partial charge on any atom is 0.255 e. The molecule has 38 heavy (non-hydrogen) atoms. The van der Waals surface area contributed by atoms with Gasteiger partial charge in [-0.2, -0.15) is 0 Å². The average Bonchev–Trinajstić information content (AvgIpc) is 3.26. The van der Waals surface area contributed by atoms with Gasteiger partial charge in [-0.1, -0.05) is 0 Å². The normalized spacial score (nSPS) is 15.9. The molecule has 0 unspecified atom stereocenters. The Kier molecular flexibility index (Phi) is 7.00. The number of aryl methyl sites for hydroxylation is 1. The summed E-state index contributed by atoms with van der Waals surface area (Å²) < 4.78 is 37.0. The number of imidazole rings is 1. The number of nitrogens with one attached hydrogen (secondary N) is 1. The number of hydrogen-bond donors (Lipinski definition) is 2. The molecule has 3 aromatic heterocycles. The van der Waals surface area contributed by atoms with Gasteiger partial charge in [-0.05, 0) is 45.0 Å². The molecule has 1 aromatic carbocycles. The molecule has 0 aliphatic carbocycles. The number of pyridine rings is 1. The Balaban J connectivity index is 1.39. The molecule has 198 valence electrons. The van der Waals surface area contributed by atoms with E-state index >= 15 is 0 Å². The zero-order valence-electron chi connectivity index (χ0n) is 21.2. The molecular weight excluding hydrogens is 496 g/mol. The Morgan fingerprint density at radius 3 is 2.71 bits per heavy atom. The first kappa shape index (κ1) is 25.6. The van der Waals surface area contributed by atoms with Crippen LogP contribution in [-0.4, -0.2) is 72.8 Å². The molecule has 1 amide bonds. The van der Waals surface area contributed by atoms with Crippen LogP contribution >= 0.6 is 0 Å². The minimum Gasteiger partial charge on any atom is -0.394 e. The second kappa shape index (κ2) is 10.4. The summed E-state index contributed by atoms with van der Waals surface area (Å²) in [5.41, 5.74) is 1.31. The number of morpholine rings is 1. The first-order valence-electron chi connectivity index (χ1n) is 12.2. The van der Waals surface area contributed by atoms with Crippen molar-refractivity contribution in [1.82, 2.24) is 29.4 Å². The number of carbonyl (C=O) groups excluding carboxylic acids is 1. The van der Waals surface area contributed by atoms with Gasteiger partial charge in [0.2, 0.25) is 5.95 Å². The van der Waals surface area contributed by atoms with Crippen molar-refractivity contribution in [3.8, 4) is 11.3 Å². The highest BCUT2D eigenvalue weighted by Gasteiger charge is 2.25. The number of ether oxygens (including phenoxy) is 1. The quantitative estimate of drug-likeness (QED) is 0.393. The Bertz CT molecular complexity index is 1490. The number of carbonyl (C=O) groups is 1. The third kappa shape index (κ3) is 4.92. The molecule has 5 rings (SSSR count). The lowest BCUT2D eigenvalue weighted by Crippen LogP contribution is -2.46. The number of aromatic nitrogens is 5. The van der Waals surface area contributed by atoms with Gasteiger partial charge in [-0.3, -0.25) is 4.79 Å². The molecular formula is C26H27F2N7O3. The monoisotopic (exact) mass is 523 g/mol. The van der Waals surface area contributed by atoms with Crippen LogP contribution in [0.15, 0.2) is 36.7 Å². The molecule has 12 heteroatoms. The molecule has 1 fully saturated rings. The van der Waals surface area contributed by atoms with Crippen LogP contribution in [0.4, 0.5) is 20.5 Å². The van der Waals surface area contributed by atoms with Gasteiger partial charge in [0.1, 0.15) is 22.9 Å². The van der Waals surface area contributed by atoms with Crippen LogP contribution in [0.5, 0.6) is 0 Å². The second-order valence-electron chi connectivity index (χ2n) is 9.32. The number of amides is 1. The van der Waals surface area contributed by atoms with Crippen molar-refractivity contribution in [2.75, 3.05) is 31.6 Å². The molecule has 1 aliphatic rings. The number of rotatable bonds is 6. The Labute approximate surface area is 217 Å². The van der Waals surface area contributed by atoms with E-state index in [1.165, 1.54) is 12.3 Å². The summed E-state index contributed by atoms with van der Waals surface area (Å²) in [5, 5.41) is 12.2. The van der Waals surface area contributed by atoms with E-state index in [0.29, 0.717) is 42.4 Å². The second-order valence-corrected chi connectivity index (χ2v) is 9.32. The topological polar surface area (TPSA) is 118 Å². The van der Waals surface area contributed by atoms with Gasteiger partial charge < -0.3 is 24.6 Å². The number of benzene rings is 1. The van der Waals surface area contributed by atoms with Gasteiger partial charge in [0.25, 0.3) is 5.91 Å². The number of nitrogens with zero attached hydrogens (tertiary/aromatic N) is 6. The van der Waals surface area contributed by atoms with Crippen molar-refractivity contribution in [2.24, 2.45) is 0 Å². The number of halogens is 2. The predicted molar refractivity (Wildman–Crippen MR) is 136 cm³/mol. The van der Waals surface area contributed by atoms with Gasteiger partial charge in [-0.25, -0.2) is 28.7 Å². The highest BCUT2D eigenvalue weighted by molar-refractivity contribution is 5.94. The molecule has 1 saturated heterocycles. The largest absolute Gasteiger partial charge is 0.394 e. The summed E-state index contributed by atoms with van der Waals surface area (Å²) in [6, 6.07) is 6.09. The van der Waals surface area contributed by atoms with Crippen molar-refractivity contribution in [2.45, 2.75) is 32.9 Å². The standard InChI is InChI=1S/C26H27F2N7O3/c1-14(2)35-15(3)31-24-19(27)8-17(9-21(24)35)23-20(28)11-30-26(33-23)32-22-5-4-16(10-29-22)25(37)34-6-7-38-18(12-34)13-36/h4-5,8-11,14,18,36H,6-7,12-13H2,1-3H3,(H,29,30,32,33)/t18-/m0/s1. The number of aliphatic hydroxyl groups excluding tert-OH is 1. The van der Waals surface area contributed by atoms with Gasteiger partial charge in [0.15, 0.2) is 11.6 Å². The summed E-state index contributed by atoms with van der Waals surface area (Å²) >= 11 is 0. The Morgan fingerprint density at radius 2 is 2.00 bits per heavy atom. The Hall–Kier alpha value is -4.03. The fourth-order valence-corrected chi connectivity index (χ4v) is 4.59. The molecule has 0 bridgehead atoms. The van der Waals surface area contributed by atoms with E-state index in [2.05, 4.69) is 25.3 Å². The molecule has 2 N–H and O–H groups in total. The van der Waals surface area contributed by atoms with Gasteiger partial charge in [0.05, 0.1) is 36.6 Å². The van der Waals surface area contributed by atoms with E-state index in [-0.39, 0.29) is 41.3 Å². The highest BCUT2D eigenvalue weighted by atomic mass is 19.1. The van der Waals surface area contributed by atoms with Crippen LogP contribution in [0.3, 0.4) is 0 Å². The lowest BCUT2D eigenvalue weighted by molar-refractivity contribution is -0.0447. The maximum atomic E-state index is 14.9. The minimum absolute atomic E-state index is 0.0300. The van der Waals surface area contributed by atoms with Crippen molar-refractivity contribution in [3.63, 3.8) is 0 Å². The van der Waals surface area contributed by atoms with Crippen LogP contribution in [0, 0.1) is 18.6 Å². The number of anilines is 2. The summed E-state index contributed by atoms with van der Waals surface area (Å²) in [6.07, 6.45) is 2.01. The summed E-state index contributed by atoms with van der Waals surface area (Å²) in [5.74, 6) is -0.446. The summed E-state index contributed by atoms with van der Waals surface area (Å²) in [4.78, 5) is 31.2. The third-order valence-electron chi connectivity index (χ3n) is 6.34. The molecule has 4 aromatic rings. The molecule has 1 aliphatic heterocycles. The maximum absolute atomic E-state index is 14.9. The molecule has 10 nitrogen and oxygen atoms in total. The van der Waals surface area contributed by atoms with E-state index in [0.717, 1.165) is 6.20 Å². The number of hydrogen-bond acceptors (Lipinski definition) is 8.